The van der Waals surface area contributed by atoms with Gasteiger partial charge in [0.25, 0.3) is 0 Å². The van der Waals surface area contributed by atoms with Gasteiger partial charge in [-0.15, -0.1) is 0 Å². The van der Waals surface area contributed by atoms with Crippen LogP contribution >= 0.6 is 11.6 Å². The van der Waals surface area contributed by atoms with Gasteiger partial charge in [-0.3, -0.25) is 9.59 Å². The smallest absolute Gasteiger partial charge is 0.240 e. The van der Waals surface area contributed by atoms with Crippen molar-refractivity contribution < 1.29 is 19.8 Å². The fourth-order valence-corrected chi connectivity index (χ4v) is 2.43. The lowest BCUT2D eigenvalue weighted by atomic mass is 10.1. The van der Waals surface area contributed by atoms with E-state index in [-0.39, 0.29) is 30.2 Å². The third-order valence-corrected chi connectivity index (χ3v) is 4.25. The van der Waals surface area contributed by atoms with Gasteiger partial charge in [-0.2, -0.15) is 5.10 Å². The number of hydrazone groups is 1. The average molecular weight is 390 g/mol. The largest absolute Gasteiger partial charge is 0.508 e. The van der Waals surface area contributed by atoms with Crippen molar-refractivity contribution in [3.05, 3.63) is 52.5 Å². The predicted octanol–water partition coefficient (Wildman–Crippen LogP) is 3.32. The summed E-state index contributed by atoms with van der Waals surface area (Å²) in [6.07, 6.45) is -0.0853. The van der Waals surface area contributed by atoms with E-state index in [1.807, 2.05) is 0 Å². The van der Waals surface area contributed by atoms with Gasteiger partial charge in [0, 0.05) is 29.1 Å². The second-order valence-electron chi connectivity index (χ2n) is 5.89. The minimum Gasteiger partial charge on any atom is -0.508 e. The van der Waals surface area contributed by atoms with Gasteiger partial charge in [0.1, 0.15) is 11.5 Å². The normalized spacial score (nSPS) is 11.1. The summed E-state index contributed by atoms with van der Waals surface area (Å²) in [5, 5.41) is 26.4. The van der Waals surface area contributed by atoms with Crippen molar-refractivity contribution in [1.29, 1.82) is 0 Å². The van der Waals surface area contributed by atoms with E-state index in [1.165, 1.54) is 18.2 Å². The van der Waals surface area contributed by atoms with E-state index in [0.717, 1.165) is 5.56 Å². The lowest BCUT2D eigenvalue weighted by Crippen LogP contribution is -2.22. The number of nitrogens with zero attached hydrogens (tertiary/aromatic N) is 1. The Morgan fingerprint density at radius 3 is 2.56 bits per heavy atom. The van der Waals surface area contributed by atoms with E-state index in [0.29, 0.717) is 22.0 Å². The molecule has 0 atom stereocenters. The SMILES string of the molecule is C/C(=N/NC(=O)CCC(=O)Nc1cccc(Cl)c1C)c1cc(O)ccc1O. The Bertz CT molecular complexity index is 897. The predicted molar refractivity (Wildman–Crippen MR) is 104 cm³/mol. The number of nitrogens with one attached hydrogen (secondary N) is 2. The van der Waals surface area contributed by atoms with Crippen molar-refractivity contribution >= 4 is 34.8 Å². The van der Waals surface area contributed by atoms with Crippen LogP contribution in [0.4, 0.5) is 5.69 Å². The van der Waals surface area contributed by atoms with Crippen LogP contribution < -0.4 is 10.7 Å². The van der Waals surface area contributed by atoms with Crippen LogP contribution in [0.15, 0.2) is 41.5 Å². The lowest BCUT2D eigenvalue weighted by molar-refractivity contribution is -0.124. The number of amides is 2. The van der Waals surface area contributed by atoms with E-state index in [4.69, 9.17) is 11.6 Å². The van der Waals surface area contributed by atoms with Crippen molar-refractivity contribution in [3.8, 4) is 11.5 Å². The highest BCUT2D eigenvalue weighted by Gasteiger charge is 2.10. The number of phenols is 2. The van der Waals surface area contributed by atoms with Crippen molar-refractivity contribution in [2.24, 2.45) is 5.10 Å². The summed E-state index contributed by atoms with van der Waals surface area (Å²) < 4.78 is 0. The van der Waals surface area contributed by atoms with Crippen LogP contribution in [0, 0.1) is 6.92 Å². The van der Waals surface area contributed by atoms with E-state index in [9.17, 15) is 19.8 Å². The molecular formula is C19H20ClN3O4. The van der Waals surface area contributed by atoms with Gasteiger partial charge >= 0.3 is 0 Å². The molecule has 0 aliphatic rings. The van der Waals surface area contributed by atoms with Crippen molar-refractivity contribution in [2.75, 3.05) is 5.32 Å². The lowest BCUT2D eigenvalue weighted by Gasteiger charge is -2.09. The Labute approximate surface area is 161 Å². The minimum atomic E-state index is -0.452. The summed E-state index contributed by atoms with van der Waals surface area (Å²) in [5.74, 6) is -0.870. The number of rotatable bonds is 6. The molecule has 27 heavy (non-hydrogen) atoms. The molecule has 2 amide bonds. The molecule has 4 N–H and O–H groups in total. The first-order valence-electron chi connectivity index (χ1n) is 8.18. The van der Waals surface area contributed by atoms with Gasteiger partial charge in [0.05, 0.1) is 5.71 Å². The van der Waals surface area contributed by atoms with Gasteiger partial charge in [-0.25, -0.2) is 5.43 Å². The van der Waals surface area contributed by atoms with Crippen molar-refractivity contribution in [1.82, 2.24) is 5.43 Å². The molecule has 0 aliphatic carbocycles. The first kappa shape index (κ1) is 20.3. The fraction of sp³-hybridized carbons (Fsp3) is 0.211. The van der Waals surface area contributed by atoms with Crippen molar-refractivity contribution in [2.45, 2.75) is 26.7 Å². The number of halogens is 1. The van der Waals surface area contributed by atoms with Crippen LogP contribution in [-0.4, -0.2) is 27.7 Å². The molecule has 0 spiro atoms. The zero-order valence-electron chi connectivity index (χ0n) is 14.9. The van der Waals surface area contributed by atoms with Crippen LogP contribution in [0.1, 0.15) is 30.9 Å². The summed E-state index contributed by atoms with van der Waals surface area (Å²) in [7, 11) is 0. The molecule has 0 unspecified atom stereocenters. The van der Waals surface area contributed by atoms with Gasteiger partial charge < -0.3 is 15.5 Å². The van der Waals surface area contributed by atoms with Gasteiger partial charge in [0.2, 0.25) is 11.8 Å². The second-order valence-corrected chi connectivity index (χ2v) is 6.30. The van der Waals surface area contributed by atoms with Crippen LogP contribution in [0.2, 0.25) is 5.02 Å². The average Bonchev–Trinajstić information content (AvgIpc) is 2.63. The summed E-state index contributed by atoms with van der Waals surface area (Å²) in [6, 6.07) is 9.19. The highest BCUT2D eigenvalue weighted by atomic mass is 35.5. The van der Waals surface area contributed by atoms with Crippen molar-refractivity contribution in [3.63, 3.8) is 0 Å². The maximum Gasteiger partial charge on any atom is 0.240 e. The van der Waals surface area contributed by atoms with Gasteiger partial charge in [0.15, 0.2) is 0 Å². The van der Waals surface area contributed by atoms with Crippen LogP contribution in [0.5, 0.6) is 11.5 Å². The fourth-order valence-electron chi connectivity index (χ4n) is 2.26. The standard InChI is InChI=1S/C19H20ClN3O4/c1-11-15(20)4-3-5-16(11)21-18(26)8-9-19(27)23-22-12(2)14-10-13(24)6-7-17(14)25/h3-7,10,24-25H,8-9H2,1-2H3,(H,21,26)(H,23,27)/b22-12-. The molecule has 0 saturated carbocycles. The quantitative estimate of drug-likeness (QED) is 0.345. The zero-order chi connectivity index (χ0) is 20.0. The molecule has 0 aliphatic heterocycles. The molecule has 2 rings (SSSR count). The van der Waals surface area contributed by atoms with E-state index in [2.05, 4.69) is 15.8 Å². The Hall–Kier alpha value is -3.06. The molecule has 0 heterocycles. The van der Waals surface area contributed by atoms with Crippen LogP contribution in [-0.2, 0) is 9.59 Å². The zero-order valence-corrected chi connectivity index (χ0v) is 15.7. The number of benzene rings is 2. The number of phenolic OH excluding ortho intramolecular Hbond substituents is 2. The van der Waals surface area contributed by atoms with E-state index in [1.54, 1.807) is 32.0 Å². The first-order chi connectivity index (χ1) is 12.8. The van der Waals surface area contributed by atoms with Crippen LogP contribution in [0.25, 0.3) is 0 Å². The highest BCUT2D eigenvalue weighted by Crippen LogP contribution is 2.23. The summed E-state index contributed by atoms with van der Waals surface area (Å²) >= 11 is 6.00. The molecule has 7 nitrogen and oxygen atoms in total. The molecule has 0 aromatic heterocycles. The second kappa shape index (κ2) is 9.05. The van der Waals surface area contributed by atoms with Gasteiger partial charge in [-0.05, 0) is 49.7 Å². The Morgan fingerprint density at radius 2 is 1.81 bits per heavy atom. The molecule has 0 bridgehead atoms. The number of carbonyl (C=O) groups excluding carboxylic acids is 2. The monoisotopic (exact) mass is 389 g/mol. The van der Waals surface area contributed by atoms with Crippen LogP contribution in [0.3, 0.4) is 0 Å². The molecule has 0 saturated heterocycles. The molecule has 142 valence electrons. The number of carbonyl (C=O) groups is 2. The van der Waals surface area contributed by atoms with Gasteiger partial charge in [-0.1, -0.05) is 17.7 Å². The summed E-state index contributed by atoms with van der Waals surface area (Å²) in [5.41, 5.74) is 4.28. The third kappa shape index (κ3) is 5.72. The van der Waals surface area contributed by atoms with E-state index >= 15 is 0 Å². The molecular weight excluding hydrogens is 370 g/mol. The number of hydrogen-bond acceptors (Lipinski definition) is 5. The Kier molecular flexibility index (Phi) is 6.79. The molecule has 2 aromatic rings. The Balaban J connectivity index is 1.87. The molecule has 8 heteroatoms. The number of aromatic hydroxyl groups is 2. The molecule has 0 fully saturated rings. The molecule has 0 radical (unpaired) electrons. The topological polar surface area (TPSA) is 111 Å². The highest BCUT2D eigenvalue weighted by molar-refractivity contribution is 6.31. The molecule has 2 aromatic carbocycles. The number of hydrogen-bond donors (Lipinski definition) is 4. The maximum atomic E-state index is 12.0. The minimum absolute atomic E-state index is 0.0241. The van der Waals surface area contributed by atoms with E-state index < -0.39 is 5.91 Å². The first-order valence-corrected chi connectivity index (χ1v) is 8.56. The summed E-state index contributed by atoms with van der Waals surface area (Å²) in [4.78, 5) is 23.9. The Morgan fingerprint density at radius 1 is 1.11 bits per heavy atom. The third-order valence-electron chi connectivity index (χ3n) is 3.84. The summed E-state index contributed by atoms with van der Waals surface area (Å²) in [6.45, 7) is 3.36. The number of anilines is 1. The maximum absolute atomic E-state index is 12.0.